The summed E-state index contributed by atoms with van der Waals surface area (Å²) in [5, 5.41) is 3.30. The summed E-state index contributed by atoms with van der Waals surface area (Å²) in [6.45, 7) is 5.53. The van der Waals surface area contributed by atoms with Crippen LogP contribution in [-0.4, -0.2) is 65.6 Å². The van der Waals surface area contributed by atoms with Crippen LogP contribution in [0.3, 0.4) is 0 Å². The van der Waals surface area contributed by atoms with Crippen LogP contribution in [0, 0.1) is 5.92 Å². The summed E-state index contributed by atoms with van der Waals surface area (Å²) in [4.78, 5) is 21.3. The van der Waals surface area contributed by atoms with E-state index >= 15 is 0 Å². The molecule has 0 bridgehead atoms. The van der Waals surface area contributed by atoms with Crippen molar-refractivity contribution in [2.24, 2.45) is 5.92 Å². The molecule has 3 aliphatic rings. The van der Waals surface area contributed by atoms with E-state index in [9.17, 15) is 4.79 Å². The zero-order valence-corrected chi connectivity index (χ0v) is 15.4. The number of pyridine rings is 1. The zero-order valence-electron chi connectivity index (χ0n) is 15.4. The predicted molar refractivity (Wildman–Crippen MR) is 100 cm³/mol. The minimum atomic E-state index is 0.121. The number of urea groups is 1. The lowest BCUT2D eigenvalue weighted by Crippen LogP contribution is -2.49. The van der Waals surface area contributed by atoms with Gasteiger partial charge in [0.2, 0.25) is 0 Å². The van der Waals surface area contributed by atoms with E-state index in [0.29, 0.717) is 18.0 Å². The molecule has 0 spiro atoms. The summed E-state index contributed by atoms with van der Waals surface area (Å²) in [6.07, 6.45) is 8.06. The highest BCUT2D eigenvalue weighted by atomic mass is 16.2. The van der Waals surface area contributed by atoms with Crippen molar-refractivity contribution in [1.29, 1.82) is 0 Å². The summed E-state index contributed by atoms with van der Waals surface area (Å²) < 4.78 is 0. The Kier molecular flexibility index (Phi) is 5.67. The fraction of sp³-hybridized carbons (Fsp3) is 0.684. The van der Waals surface area contributed by atoms with E-state index in [1.165, 1.54) is 5.56 Å². The molecule has 2 amide bonds. The first kappa shape index (κ1) is 17.7. The average molecular weight is 358 g/mol. The van der Waals surface area contributed by atoms with Gasteiger partial charge in [-0.2, -0.15) is 0 Å². The number of hydrogen-bond donors (Lipinski definition) is 3. The van der Waals surface area contributed by atoms with Crippen molar-refractivity contribution in [1.82, 2.24) is 31.0 Å². The molecule has 1 saturated carbocycles. The van der Waals surface area contributed by atoms with Gasteiger partial charge >= 0.3 is 6.03 Å². The minimum absolute atomic E-state index is 0.121. The molecule has 1 aromatic heterocycles. The summed E-state index contributed by atoms with van der Waals surface area (Å²) in [6, 6.07) is 5.13. The molecule has 3 heterocycles. The van der Waals surface area contributed by atoms with Gasteiger partial charge in [0.25, 0.3) is 0 Å². The van der Waals surface area contributed by atoms with Crippen molar-refractivity contribution < 1.29 is 4.79 Å². The largest absolute Gasteiger partial charge is 0.335 e. The molecule has 7 heteroatoms. The Morgan fingerprint density at radius 2 is 2.23 bits per heavy atom. The van der Waals surface area contributed by atoms with E-state index in [0.717, 1.165) is 65.0 Å². The second kappa shape index (κ2) is 8.33. The third-order valence-corrected chi connectivity index (χ3v) is 5.97. The van der Waals surface area contributed by atoms with Gasteiger partial charge in [-0.3, -0.25) is 20.7 Å². The van der Waals surface area contributed by atoms with Gasteiger partial charge in [-0.05, 0) is 43.2 Å². The van der Waals surface area contributed by atoms with Crippen LogP contribution in [-0.2, 0) is 6.54 Å². The van der Waals surface area contributed by atoms with E-state index in [4.69, 9.17) is 0 Å². The van der Waals surface area contributed by atoms with E-state index < -0.39 is 0 Å². The van der Waals surface area contributed by atoms with Crippen molar-refractivity contribution in [3.63, 3.8) is 0 Å². The molecule has 1 aromatic rings. The second-order valence-corrected chi connectivity index (χ2v) is 7.83. The molecule has 3 N–H and O–H groups in total. The molecule has 7 nitrogen and oxygen atoms in total. The Labute approximate surface area is 155 Å². The predicted octanol–water partition coefficient (Wildman–Crippen LogP) is 0.944. The Morgan fingerprint density at radius 3 is 3.12 bits per heavy atom. The highest BCUT2D eigenvalue weighted by molar-refractivity contribution is 5.74. The number of amides is 2. The lowest BCUT2D eigenvalue weighted by molar-refractivity contribution is 0.184. The van der Waals surface area contributed by atoms with Crippen molar-refractivity contribution in [2.75, 3.05) is 32.7 Å². The Hall–Kier alpha value is -1.70. The second-order valence-electron chi connectivity index (χ2n) is 7.83. The molecular weight excluding hydrogens is 328 g/mol. The molecule has 0 radical (unpaired) electrons. The van der Waals surface area contributed by atoms with Crippen LogP contribution < -0.4 is 16.2 Å². The first-order valence-corrected chi connectivity index (χ1v) is 9.93. The Morgan fingerprint density at radius 1 is 1.27 bits per heavy atom. The SMILES string of the molecule is O=C(NC1CCC2NNCC2C1)N1CCCN(Cc2cccnc2)CC1. The first-order chi connectivity index (χ1) is 12.8. The van der Waals surface area contributed by atoms with Crippen LogP contribution in [0.1, 0.15) is 31.2 Å². The number of nitrogens with zero attached hydrogens (tertiary/aromatic N) is 3. The molecule has 3 unspecified atom stereocenters. The molecule has 26 heavy (non-hydrogen) atoms. The molecular formula is C19H30N6O. The number of aromatic nitrogens is 1. The van der Waals surface area contributed by atoms with Crippen LogP contribution in [0.2, 0.25) is 0 Å². The molecule has 4 rings (SSSR count). The van der Waals surface area contributed by atoms with Crippen LogP contribution in [0.15, 0.2) is 24.5 Å². The first-order valence-electron chi connectivity index (χ1n) is 9.93. The van der Waals surface area contributed by atoms with E-state index in [2.05, 4.69) is 32.1 Å². The summed E-state index contributed by atoms with van der Waals surface area (Å²) in [5.41, 5.74) is 7.83. The van der Waals surface area contributed by atoms with Crippen molar-refractivity contribution >= 4 is 6.03 Å². The van der Waals surface area contributed by atoms with Gasteiger partial charge in [0.15, 0.2) is 0 Å². The number of fused-ring (bicyclic) bond motifs is 1. The fourth-order valence-corrected chi connectivity index (χ4v) is 4.48. The standard InChI is InChI=1S/C19H30N6O/c26-19(22-17-4-5-18-16(11-17)13-21-23-18)25-8-2-7-24(9-10-25)14-15-3-1-6-20-12-15/h1,3,6,12,16-18,21,23H,2,4-5,7-11,13-14H2,(H,22,26). The van der Waals surface area contributed by atoms with Gasteiger partial charge in [0.05, 0.1) is 0 Å². The zero-order chi connectivity index (χ0) is 17.8. The molecule has 1 aliphatic carbocycles. The maximum absolute atomic E-state index is 12.7. The van der Waals surface area contributed by atoms with E-state index in [-0.39, 0.29) is 6.03 Å². The number of carbonyl (C=O) groups excluding carboxylic acids is 1. The third kappa shape index (κ3) is 4.34. The van der Waals surface area contributed by atoms with E-state index in [1.807, 2.05) is 23.4 Å². The summed E-state index contributed by atoms with van der Waals surface area (Å²) in [7, 11) is 0. The maximum atomic E-state index is 12.7. The van der Waals surface area contributed by atoms with E-state index in [1.54, 1.807) is 0 Å². The van der Waals surface area contributed by atoms with Crippen molar-refractivity contribution in [3.8, 4) is 0 Å². The maximum Gasteiger partial charge on any atom is 0.317 e. The van der Waals surface area contributed by atoms with Gasteiger partial charge in [-0.25, -0.2) is 4.79 Å². The topological polar surface area (TPSA) is 72.5 Å². The quantitative estimate of drug-likeness (QED) is 0.750. The van der Waals surface area contributed by atoms with Gasteiger partial charge < -0.3 is 10.2 Å². The van der Waals surface area contributed by atoms with Crippen LogP contribution in [0.25, 0.3) is 0 Å². The molecule has 3 fully saturated rings. The van der Waals surface area contributed by atoms with Crippen LogP contribution >= 0.6 is 0 Å². The molecule has 2 aliphatic heterocycles. The monoisotopic (exact) mass is 358 g/mol. The molecule has 2 saturated heterocycles. The average Bonchev–Trinajstić information content (AvgIpc) is 3.00. The van der Waals surface area contributed by atoms with Crippen molar-refractivity contribution in [2.45, 2.75) is 44.3 Å². The highest BCUT2D eigenvalue weighted by Gasteiger charge is 2.34. The molecule has 0 aromatic carbocycles. The number of hydrazine groups is 1. The van der Waals surface area contributed by atoms with Gasteiger partial charge in [-0.1, -0.05) is 6.07 Å². The minimum Gasteiger partial charge on any atom is -0.335 e. The lowest BCUT2D eigenvalue weighted by atomic mass is 9.83. The van der Waals surface area contributed by atoms with Gasteiger partial charge in [0, 0.05) is 63.7 Å². The molecule has 3 atom stereocenters. The number of carbonyl (C=O) groups is 1. The smallest absolute Gasteiger partial charge is 0.317 e. The normalized spacial score (nSPS) is 29.8. The Bertz CT molecular complexity index is 597. The van der Waals surface area contributed by atoms with Gasteiger partial charge in [-0.15, -0.1) is 0 Å². The fourth-order valence-electron chi connectivity index (χ4n) is 4.48. The molecule has 142 valence electrons. The highest BCUT2D eigenvalue weighted by Crippen LogP contribution is 2.26. The number of hydrogen-bond acceptors (Lipinski definition) is 5. The van der Waals surface area contributed by atoms with Crippen LogP contribution in [0.4, 0.5) is 4.79 Å². The van der Waals surface area contributed by atoms with Crippen LogP contribution in [0.5, 0.6) is 0 Å². The summed E-state index contributed by atoms with van der Waals surface area (Å²) in [5.74, 6) is 0.646. The number of nitrogens with one attached hydrogen (secondary N) is 3. The van der Waals surface area contributed by atoms with Gasteiger partial charge in [0.1, 0.15) is 0 Å². The lowest BCUT2D eigenvalue weighted by Gasteiger charge is -2.33. The van der Waals surface area contributed by atoms with Crippen molar-refractivity contribution in [3.05, 3.63) is 30.1 Å². The Balaban J connectivity index is 1.25. The summed E-state index contributed by atoms with van der Waals surface area (Å²) >= 11 is 0. The third-order valence-electron chi connectivity index (χ3n) is 5.97. The number of rotatable bonds is 3.